The molecular weight excluding hydrogens is 137 g/mol. The summed E-state index contributed by atoms with van der Waals surface area (Å²) in [7, 11) is 0. The van der Waals surface area contributed by atoms with E-state index in [1.165, 1.54) is 6.92 Å². The maximum absolute atomic E-state index is 11.8. The standard InChI is InChI=1S/C4H7ClF2O/c1-2-8-4(6,7)3-5/h2-3H2,1H3. The van der Waals surface area contributed by atoms with Gasteiger partial charge in [0.25, 0.3) is 0 Å². The minimum atomic E-state index is -3.14. The molecule has 0 saturated heterocycles. The van der Waals surface area contributed by atoms with Crippen molar-refractivity contribution in [3.8, 4) is 0 Å². The lowest BCUT2D eigenvalue weighted by molar-refractivity contribution is -0.217. The molecule has 8 heavy (non-hydrogen) atoms. The predicted octanol–water partition coefficient (Wildman–Crippen LogP) is 1.85. The van der Waals surface area contributed by atoms with Crippen LogP contribution in [0.15, 0.2) is 0 Å². The number of hydrogen-bond donors (Lipinski definition) is 0. The van der Waals surface area contributed by atoms with Crippen LogP contribution in [0.3, 0.4) is 0 Å². The van der Waals surface area contributed by atoms with E-state index in [4.69, 9.17) is 11.6 Å². The van der Waals surface area contributed by atoms with Gasteiger partial charge < -0.3 is 4.74 Å². The molecule has 0 aliphatic heterocycles. The van der Waals surface area contributed by atoms with E-state index in [2.05, 4.69) is 4.74 Å². The third kappa shape index (κ3) is 3.16. The molecule has 0 rings (SSSR count). The third-order valence-corrected chi connectivity index (χ3v) is 0.822. The van der Waals surface area contributed by atoms with Gasteiger partial charge in [0.15, 0.2) is 0 Å². The molecular formula is C4H7ClF2O. The molecule has 0 aromatic carbocycles. The van der Waals surface area contributed by atoms with Crippen LogP contribution >= 0.6 is 11.6 Å². The fourth-order valence-electron chi connectivity index (χ4n) is 0.250. The van der Waals surface area contributed by atoms with Crippen molar-refractivity contribution in [1.29, 1.82) is 0 Å². The molecule has 0 radical (unpaired) electrons. The normalized spacial score (nSPS) is 12.0. The number of ether oxygens (including phenoxy) is 1. The Morgan fingerprint density at radius 1 is 1.62 bits per heavy atom. The molecule has 0 aliphatic carbocycles. The maximum Gasteiger partial charge on any atom is 0.369 e. The Balaban J connectivity index is 3.37. The molecule has 0 amide bonds. The number of rotatable bonds is 3. The third-order valence-electron chi connectivity index (χ3n) is 0.511. The molecule has 0 unspecified atom stereocenters. The summed E-state index contributed by atoms with van der Waals surface area (Å²) >= 11 is 4.80. The van der Waals surface area contributed by atoms with Gasteiger partial charge in [-0.05, 0) is 6.92 Å². The highest BCUT2D eigenvalue weighted by atomic mass is 35.5. The van der Waals surface area contributed by atoms with Crippen molar-refractivity contribution in [2.24, 2.45) is 0 Å². The molecule has 0 aliphatic rings. The average molecular weight is 145 g/mol. The van der Waals surface area contributed by atoms with Crippen molar-refractivity contribution >= 4 is 11.6 Å². The Labute approximate surface area is 51.6 Å². The van der Waals surface area contributed by atoms with Crippen molar-refractivity contribution in [3.05, 3.63) is 0 Å². The van der Waals surface area contributed by atoms with E-state index in [0.717, 1.165) is 0 Å². The molecule has 0 heterocycles. The molecule has 0 saturated carbocycles. The molecule has 4 heteroatoms. The van der Waals surface area contributed by atoms with Gasteiger partial charge >= 0.3 is 6.11 Å². The van der Waals surface area contributed by atoms with E-state index in [1.54, 1.807) is 0 Å². The van der Waals surface area contributed by atoms with Crippen LogP contribution in [0.1, 0.15) is 6.92 Å². The zero-order valence-electron chi connectivity index (χ0n) is 4.46. The highest BCUT2D eigenvalue weighted by Gasteiger charge is 2.27. The first-order valence-electron chi connectivity index (χ1n) is 2.20. The molecule has 1 nitrogen and oxygen atoms in total. The number of hydrogen-bond acceptors (Lipinski definition) is 1. The molecule has 0 aromatic heterocycles. The van der Waals surface area contributed by atoms with Gasteiger partial charge in [-0.15, -0.1) is 11.6 Å². The van der Waals surface area contributed by atoms with Crippen molar-refractivity contribution < 1.29 is 13.5 Å². The first-order valence-corrected chi connectivity index (χ1v) is 2.73. The largest absolute Gasteiger partial charge is 0.369 e. The van der Waals surface area contributed by atoms with Crippen molar-refractivity contribution in [3.63, 3.8) is 0 Å². The molecule has 0 bridgehead atoms. The summed E-state index contributed by atoms with van der Waals surface area (Å²) in [5, 5.41) is 0. The highest BCUT2D eigenvalue weighted by molar-refractivity contribution is 6.18. The topological polar surface area (TPSA) is 9.23 Å². The Morgan fingerprint density at radius 3 is 2.25 bits per heavy atom. The Kier molecular flexibility index (Phi) is 3.24. The van der Waals surface area contributed by atoms with Gasteiger partial charge in [-0.1, -0.05) is 0 Å². The van der Waals surface area contributed by atoms with Crippen molar-refractivity contribution in [2.45, 2.75) is 13.0 Å². The SMILES string of the molecule is CCOC(F)(F)CCl. The molecule has 0 fully saturated rings. The van der Waals surface area contributed by atoms with Gasteiger partial charge in [-0.25, -0.2) is 0 Å². The van der Waals surface area contributed by atoms with Crippen LogP contribution in [0.2, 0.25) is 0 Å². The summed E-state index contributed by atoms with van der Waals surface area (Å²) in [4.78, 5) is 0. The summed E-state index contributed by atoms with van der Waals surface area (Å²) in [6.07, 6.45) is -3.14. The van der Waals surface area contributed by atoms with E-state index < -0.39 is 12.0 Å². The second-order valence-electron chi connectivity index (χ2n) is 1.20. The average Bonchev–Trinajstić information content (AvgIpc) is 1.67. The van der Waals surface area contributed by atoms with Crippen molar-refractivity contribution in [1.82, 2.24) is 0 Å². The lowest BCUT2D eigenvalue weighted by atomic mass is 10.7. The first kappa shape index (κ1) is 8.11. The fraction of sp³-hybridized carbons (Fsp3) is 1.00. The van der Waals surface area contributed by atoms with Crippen LogP contribution in [0.4, 0.5) is 8.78 Å². The van der Waals surface area contributed by atoms with Gasteiger partial charge in [-0.2, -0.15) is 8.78 Å². The van der Waals surface area contributed by atoms with Gasteiger partial charge in [0, 0.05) is 0 Å². The van der Waals surface area contributed by atoms with E-state index in [-0.39, 0.29) is 6.61 Å². The van der Waals surface area contributed by atoms with Gasteiger partial charge in [0.05, 0.1) is 6.61 Å². The molecule has 0 spiro atoms. The Hall–Kier alpha value is 0.110. The molecule has 0 aromatic rings. The van der Waals surface area contributed by atoms with E-state index >= 15 is 0 Å². The summed E-state index contributed by atoms with van der Waals surface area (Å²) in [6.45, 7) is 1.47. The van der Waals surface area contributed by atoms with E-state index in [1.807, 2.05) is 0 Å². The van der Waals surface area contributed by atoms with Crippen LogP contribution < -0.4 is 0 Å². The molecule has 0 N–H and O–H groups in total. The molecule has 50 valence electrons. The van der Waals surface area contributed by atoms with Gasteiger partial charge in [0.2, 0.25) is 0 Å². The second-order valence-corrected chi connectivity index (χ2v) is 1.47. The van der Waals surface area contributed by atoms with Crippen LogP contribution in [0.25, 0.3) is 0 Å². The summed E-state index contributed by atoms with van der Waals surface area (Å²) in [5.41, 5.74) is 0. The van der Waals surface area contributed by atoms with Crippen LogP contribution in [0.5, 0.6) is 0 Å². The number of alkyl halides is 3. The zero-order valence-corrected chi connectivity index (χ0v) is 5.21. The van der Waals surface area contributed by atoms with E-state index in [9.17, 15) is 8.78 Å². The minimum absolute atomic E-state index is 0.0142. The highest BCUT2D eigenvalue weighted by Crippen LogP contribution is 2.15. The monoisotopic (exact) mass is 144 g/mol. The van der Waals surface area contributed by atoms with Crippen molar-refractivity contribution in [2.75, 3.05) is 12.5 Å². The van der Waals surface area contributed by atoms with Crippen LogP contribution in [-0.4, -0.2) is 18.6 Å². The first-order chi connectivity index (χ1) is 3.62. The minimum Gasteiger partial charge on any atom is -0.320 e. The smallest absolute Gasteiger partial charge is 0.320 e. The summed E-state index contributed by atoms with van der Waals surface area (Å²) in [6, 6.07) is 0. The zero-order chi connectivity index (χ0) is 6.62. The summed E-state index contributed by atoms with van der Waals surface area (Å²) in [5.74, 6) is -0.777. The lowest BCUT2D eigenvalue weighted by Crippen LogP contribution is -2.22. The Bertz CT molecular complexity index is 67.1. The lowest BCUT2D eigenvalue weighted by Gasteiger charge is -2.10. The van der Waals surface area contributed by atoms with Gasteiger partial charge in [-0.3, -0.25) is 0 Å². The predicted molar refractivity (Wildman–Crippen MR) is 27.3 cm³/mol. The Morgan fingerprint density at radius 2 is 2.12 bits per heavy atom. The van der Waals surface area contributed by atoms with Gasteiger partial charge in [0.1, 0.15) is 5.88 Å². The van der Waals surface area contributed by atoms with E-state index in [0.29, 0.717) is 0 Å². The van der Waals surface area contributed by atoms with Crippen LogP contribution in [0, 0.1) is 0 Å². The second kappa shape index (κ2) is 3.20. The quantitative estimate of drug-likeness (QED) is 0.550. The summed E-state index contributed by atoms with van der Waals surface area (Å²) < 4.78 is 27.5. The van der Waals surface area contributed by atoms with Crippen LogP contribution in [-0.2, 0) is 4.74 Å². The molecule has 0 atom stereocenters. The maximum atomic E-state index is 11.8. The number of halogens is 3. The fourth-order valence-corrected chi connectivity index (χ4v) is 0.327.